The Morgan fingerprint density at radius 3 is 2.54 bits per heavy atom. The Morgan fingerprint density at radius 2 is 1.88 bits per heavy atom. The molecule has 0 unspecified atom stereocenters. The number of likely N-dealkylation sites (N-methyl/N-ethyl adjacent to an activating group) is 1. The SMILES string of the molecule is CCc1ccccc1Nc1ncnc(N2CCN(CC)CC2)c1[N+](=O)[O-]. The van der Waals surface area contributed by atoms with Crippen molar-refractivity contribution in [3.63, 3.8) is 0 Å². The van der Waals surface area contributed by atoms with Crippen LogP contribution in [0.4, 0.5) is 23.0 Å². The van der Waals surface area contributed by atoms with Crippen LogP contribution in [0.5, 0.6) is 0 Å². The molecule has 138 valence electrons. The van der Waals surface area contributed by atoms with E-state index in [1.807, 2.05) is 36.1 Å². The van der Waals surface area contributed by atoms with Crippen molar-refractivity contribution in [2.75, 3.05) is 42.9 Å². The molecule has 0 amide bonds. The molecule has 1 saturated heterocycles. The highest BCUT2D eigenvalue weighted by Gasteiger charge is 2.29. The average Bonchev–Trinajstić information content (AvgIpc) is 2.68. The maximum absolute atomic E-state index is 11.8. The molecule has 2 aromatic rings. The van der Waals surface area contributed by atoms with Crippen LogP contribution in [-0.2, 0) is 6.42 Å². The van der Waals surface area contributed by atoms with Gasteiger partial charge in [0.05, 0.1) is 4.92 Å². The molecule has 3 rings (SSSR count). The lowest BCUT2D eigenvalue weighted by Crippen LogP contribution is -2.46. The summed E-state index contributed by atoms with van der Waals surface area (Å²) in [7, 11) is 0. The fourth-order valence-corrected chi connectivity index (χ4v) is 3.21. The van der Waals surface area contributed by atoms with Crippen molar-refractivity contribution < 1.29 is 4.92 Å². The minimum absolute atomic E-state index is 0.0663. The summed E-state index contributed by atoms with van der Waals surface area (Å²) in [6.07, 6.45) is 2.22. The largest absolute Gasteiger partial charge is 0.353 e. The first-order chi connectivity index (χ1) is 12.6. The number of hydrogen-bond acceptors (Lipinski definition) is 7. The summed E-state index contributed by atoms with van der Waals surface area (Å²) < 4.78 is 0. The maximum atomic E-state index is 11.8. The van der Waals surface area contributed by atoms with Crippen LogP contribution in [0.25, 0.3) is 0 Å². The van der Waals surface area contributed by atoms with Crippen LogP contribution >= 0.6 is 0 Å². The standard InChI is InChI=1S/C18H24N6O2/c1-3-14-7-5-6-8-15(14)21-17-16(24(25)26)18(20-13-19-17)23-11-9-22(4-2)10-12-23/h5-8,13H,3-4,9-12H2,1-2H3,(H,19,20,21). The summed E-state index contributed by atoms with van der Waals surface area (Å²) in [5.41, 5.74) is 1.85. The van der Waals surface area contributed by atoms with Gasteiger partial charge in [-0.05, 0) is 24.6 Å². The summed E-state index contributed by atoms with van der Waals surface area (Å²) in [4.78, 5) is 24.1. The fraction of sp³-hybridized carbons (Fsp3) is 0.444. The minimum Gasteiger partial charge on any atom is -0.348 e. The van der Waals surface area contributed by atoms with Crippen LogP contribution in [0.15, 0.2) is 30.6 Å². The number of piperazine rings is 1. The number of rotatable bonds is 6. The van der Waals surface area contributed by atoms with E-state index in [0.717, 1.165) is 50.4 Å². The lowest BCUT2D eigenvalue weighted by atomic mass is 10.1. The molecule has 0 radical (unpaired) electrons. The Balaban J connectivity index is 1.93. The van der Waals surface area contributed by atoms with E-state index in [-0.39, 0.29) is 11.5 Å². The topological polar surface area (TPSA) is 87.4 Å². The number of para-hydroxylation sites is 1. The van der Waals surface area contributed by atoms with Crippen LogP contribution in [0.3, 0.4) is 0 Å². The summed E-state index contributed by atoms with van der Waals surface area (Å²) in [5.74, 6) is 0.621. The number of benzene rings is 1. The van der Waals surface area contributed by atoms with Crippen LogP contribution < -0.4 is 10.2 Å². The van der Waals surface area contributed by atoms with Crippen LogP contribution in [-0.4, -0.2) is 52.5 Å². The quantitative estimate of drug-likeness (QED) is 0.629. The molecular weight excluding hydrogens is 332 g/mol. The van der Waals surface area contributed by atoms with E-state index in [1.54, 1.807) is 0 Å². The van der Waals surface area contributed by atoms with Crippen LogP contribution in [0, 0.1) is 10.1 Å². The zero-order valence-corrected chi connectivity index (χ0v) is 15.2. The Bertz CT molecular complexity index is 774. The highest BCUT2D eigenvalue weighted by molar-refractivity contribution is 5.75. The first-order valence-electron chi connectivity index (χ1n) is 8.95. The summed E-state index contributed by atoms with van der Waals surface area (Å²) >= 11 is 0. The van der Waals surface area contributed by atoms with Gasteiger partial charge in [-0.2, -0.15) is 0 Å². The van der Waals surface area contributed by atoms with Crippen molar-refractivity contribution >= 4 is 23.0 Å². The molecule has 2 heterocycles. The summed E-state index contributed by atoms with van der Waals surface area (Å²) in [6.45, 7) is 8.34. The third-order valence-corrected chi connectivity index (χ3v) is 4.76. The van der Waals surface area contributed by atoms with Gasteiger partial charge < -0.3 is 15.1 Å². The van der Waals surface area contributed by atoms with E-state index in [0.29, 0.717) is 5.82 Å². The normalized spacial score (nSPS) is 15.1. The van der Waals surface area contributed by atoms with Gasteiger partial charge in [0.1, 0.15) is 6.33 Å². The number of nitrogens with one attached hydrogen (secondary N) is 1. The van der Waals surface area contributed by atoms with E-state index < -0.39 is 4.92 Å². The zero-order chi connectivity index (χ0) is 18.5. The number of anilines is 3. The average molecular weight is 356 g/mol. The van der Waals surface area contributed by atoms with Gasteiger partial charge in [-0.1, -0.05) is 32.0 Å². The van der Waals surface area contributed by atoms with Gasteiger partial charge in [-0.15, -0.1) is 0 Å². The molecule has 1 fully saturated rings. The second-order valence-corrected chi connectivity index (χ2v) is 6.21. The van der Waals surface area contributed by atoms with Gasteiger partial charge in [-0.3, -0.25) is 10.1 Å². The number of nitrogens with zero attached hydrogens (tertiary/aromatic N) is 5. The van der Waals surface area contributed by atoms with E-state index in [4.69, 9.17) is 0 Å². The van der Waals surface area contributed by atoms with Gasteiger partial charge in [-0.25, -0.2) is 9.97 Å². The lowest BCUT2D eigenvalue weighted by Gasteiger charge is -2.34. The molecule has 8 nitrogen and oxygen atoms in total. The first kappa shape index (κ1) is 18.1. The Morgan fingerprint density at radius 1 is 1.15 bits per heavy atom. The maximum Gasteiger partial charge on any atom is 0.353 e. The molecule has 8 heteroatoms. The Kier molecular flexibility index (Phi) is 5.62. The van der Waals surface area contributed by atoms with Gasteiger partial charge in [0, 0.05) is 31.9 Å². The third kappa shape index (κ3) is 3.75. The van der Waals surface area contributed by atoms with Crippen molar-refractivity contribution in [3.8, 4) is 0 Å². The third-order valence-electron chi connectivity index (χ3n) is 4.76. The highest BCUT2D eigenvalue weighted by Crippen LogP contribution is 2.34. The highest BCUT2D eigenvalue weighted by atomic mass is 16.6. The molecule has 0 bridgehead atoms. The molecule has 1 N–H and O–H groups in total. The summed E-state index contributed by atoms with van der Waals surface area (Å²) in [6, 6.07) is 7.76. The second-order valence-electron chi connectivity index (χ2n) is 6.21. The molecule has 1 aromatic carbocycles. The van der Waals surface area contributed by atoms with Gasteiger partial charge in [0.25, 0.3) is 0 Å². The molecule has 0 spiro atoms. The predicted molar refractivity (Wildman–Crippen MR) is 102 cm³/mol. The number of aryl methyl sites for hydroxylation is 1. The molecule has 26 heavy (non-hydrogen) atoms. The monoisotopic (exact) mass is 356 g/mol. The Labute approximate surface area is 153 Å². The number of aromatic nitrogens is 2. The van der Waals surface area contributed by atoms with Crippen LogP contribution in [0.2, 0.25) is 0 Å². The van der Waals surface area contributed by atoms with Crippen molar-refractivity contribution in [3.05, 3.63) is 46.3 Å². The first-order valence-corrected chi connectivity index (χ1v) is 8.95. The van der Waals surface area contributed by atoms with E-state index >= 15 is 0 Å². The van der Waals surface area contributed by atoms with Crippen molar-refractivity contribution in [2.24, 2.45) is 0 Å². The molecule has 0 aliphatic carbocycles. The molecule has 1 aromatic heterocycles. The van der Waals surface area contributed by atoms with Gasteiger partial charge in [0.2, 0.25) is 11.6 Å². The van der Waals surface area contributed by atoms with Crippen molar-refractivity contribution in [2.45, 2.75) is 20.3 Å². The molecular formula is C18H24N6O2. The van der Waals surface area contributed by atoms with E-state index in [1.165, 1.54) is 6.33 Å². The molecule has 1 aliphatic heterocycles. The van der Waals surface area contributed by atoms with Crippen LogP contribution in [0.1, 0.15) is 19.4 Å². The van der Waals surface area contributed by atoms with Crippen molar-refractivity contribution in [1.82, 2.24) is 14.9 Å². The molecule has 1 aliphatic rings. The van der Waals surface area contributed by atoms with Gasteiger partial charge in [0.15, 0.2) is 0 Å². The van der Waals surface area contributed by atoms with Crippen molar-refractivity contribution in [1.29, 1.82) is 0 Å². The van der Waals surface area contributed by atoms with E-state index in [9.17, 15) is 10.1 Å². The minimum atomic E-state index is -0.390. The number of nitro groups is 1. The van der Waals surface area contributed by atoms with Gasteiger partial charge >= 0.3 is 5.69 Å². The van der Waals surface area contributed by atoms with E-state index in [2.05, 4.69) is 27.1 Å². The number of hydrogen-bond donors (Lipinski definition) is 1. The smallest absolute Gasteiger partial charge is 0.348 e. The molecule has 0 saturated carbocycles. The zero-order valence-electron chi connectivity index (χ0n) is 15.2. The Hall–Kier alpha value is -2.74. The lowest BCUT2D eigenvalue weighted by molar-refractivity contribution is -0.383. The fourth-order valence-electron chi connectivity index (χ4n) is 3.21. The molecule has 0 atom stereocenters. The summed E-state index contributed by atoms with van der Waals surface area (Å²) in [5, 5.41) is 14.9. The second kappa shape index (κ2) is 8.09. The predicted octanol–water partition coefficient (Wildman–Crippen LogP) is 2.83.